The molecule has 2 aromatic rings. The molecule has 1 aliphatic rings. The van der Waals surface area contributed by atoms with Crippen LogP contribution in [0.3, 0.4) is 0 Å². The average Bonchev–Trinajstić information content (AvgIpc) is 2.71. The topological polar surface area (TPSA) is 77.8 Å². The number of carboxylic acid groups (broad SMARTS) is 1. The highest BCUT2D eigenvalue weighted by molar-refractivity contribution is 6.30. The third kappa shape index (κ3) is 4.95. The number of nitrogens with zero attached hydrogens (tertiary/aromatic N) is 1. The van der Waals surface area contributed by atoms with E-state index < -0.39 is 29.6 Å². The lowest BCUT2D eigenvalue weighted by atomic mass is 9.67. The van der Waals surface area contributed by atoms with Crippen molar-refractivity contribution in [1.82, 2.24) is 4.90 Å². The monoisotopic (exact) mass is 477 g/mol. The van der Waals surface area contributed by atoms with Gasteiger partial charge in [-0.2, -0.15) is 0 Å². The molecule has 5 nitrogen and oxygen atoms in total. The van der Waals surface area contributed by atoms with E-state index in [1.165, 1.54) is 0 Å². The number of aliphatic hydroxyl groups excluding tert-OH is 1. The Kier molecular flexibility index (Phi) is 7.53. The van der Waals surface area contributed by atoms with Crippen LogP contribution in [0.5, 0.6) is 0 Å². The van der Waals surface area contributed by atoms with Crippen LogP contribution in [0.4, 0.5) is 0 Å². The molecule has 2 N–H and O–H groups in total. The minimum atomic E-state index is -1.12. The number of amides is 1. The van der Waals surface area contributed by atoms with Gasteiger partial charge in [0.15, 0.2) is 0 Å². The number of carbonyl (C=O) groups excluding carboxylic acids is 1. The van der Waals surface area contributed by atoms with Gasteiger partial charge in [-0.05, 0) is 55.2 Å². The second-order valence-corrected chi connectivity index (χ2v) is 9.79. The van der Waals surface area contributed by atoms with E-state index in [0.717, 1.165) is 11.1 Å². The van der Waals surface area contributed by atoms with E-state index in [-0.39, 0.29) is 18.2 Å². The standard InChI is InChI=1S/C25H29Cl2NO4/c1-4-21(15(2)29)28-23(16-8-10-18(26)11-9-16)20(17-6-5-7-19(27)12-17)13-25(3,24(28)32)14-22(30)31/h5-12,15,20-21,23,29H,4,13-14H2,1-3H3,(H,30,31)/t15-,20-,21+,23?,25-/m1/s1. The third-order valence-electron chi connectivity index (χ3n) is 6.46. The normalized spacial score (nSPS) is 25.4. The van der Waals surface area contributed by atoms with Crippen LogP contribution in [0.1, 0.15) is 63.1 Å². The number of benzene rings is 2. The summed E-state index contributed by atoms with van der Waals surface area (Å²) in [5, 5.41) is 21.3. The van der Waals surface area contributed by atoms with Crippen LogP contribution in [0.25, 0.3) is 0 Å². The fourth-order valence-corrected chi connectivity index (χ4v) is 5.34. The Morgan fingerprint density at radius 2 is 1.81 bits per heavy atom. The quantitative estimate of drug-likeness (QED) is 0.536. The van der Waals surface area contributed by atoms with E-state index in [9.17, 15) is 19.8 Å². The number of hydrogen-bond acceptors (Lipinski definition) is 3. The van der Waals surface area contributed by atoms with Crippen molar-refractivity contribution in [2.75, 3.05) is 0 Å². The van der Waals surface area contributed by atoms with Crippen LogP contribution in [-0.4, -0.2) is 39.1 Å². The molecule has 3 rings (SSSR count). The van der Waals surface area contributed by atoms with Crippen LogP contribution in [0.15, 0.2) is 48.5 Å². The first-order chi connectivity index (χ1) is 15.1. The van der Waals surface area contributed by atoms with Gasteiger partial charge in [0.05, 0.1) is 30.0 Å². The summed E-state index contributed by atoms with van der Waals surface area (Å²) in [5.41, 5.74) is 0.681. The molecule has 172 valence electrons. The lowest BCUT2D eigenvalue weighted by Crippen LogP contribution is -2.58. The van der Waals surface area contributed by atoms with Crippen LogP contribution in [0.2, 0.25) is 10.0 Å². The summed E-state index contributed by atoms with van der Waals surface area (Å²) in [7, 11) is 0. The third-order valence-corrected chi connectivity index (χ3v) is 6.95. The summed E-state index contributed by atoms with van der Waals surface area (Å²) in [6.45, 7) is 5.29. The summed E-state index contributed by atoms with van der Waals surface area (Å²) in [6.07, 6.45) is -0.202. The van der Waals surface area contributed by atoms with E-state index in [4.69, 9.17) is 23.2 Å². The van der Waals surface area contributed by atoms with Crippen molar-refractivity contribution in [1.29, 1.82) is 0 Å². The Labute approximate surface area is 199 Å². The number of halogens is 2. The van der Waals surface area contributed by atoms with E-state index in [0.29, 0.717) is 22.9 Å². The molecule has 0 spiro atoms. The van der Waals surface area contributed by atoms with Gasteiger partial charge < -0.3 is 15.1 Å². The maximum atomic E-state index is 13.9. The highest BCUT2D eigenvalue weighted by Crippen LogP contribution is 2.52. The van der Waals surface area contributed by atoms with Gasteiger partial charge in [-0.1, -0.05) is 61.3 Å². The molecule has 0 radical (unpaired) electrons. The Bertz CT molecular complexity index is 978. The molecule has 0 saturated carbocycles. The van der Waals surface area contributed by atoms with Gasteiger partial charge in [-0.15, -0.1) is 0 Å². The molecular formula is C25H29Cl2NO4. The first-order valence-corrected chi connectivity index (χ1v) is 11.6. The van der Waals surface area contributed by atoms with Crippen molar-refractivity contribution in [3.05, 3.63) is 69.7 Å². The number of aliphatic carboxylic acids is 1. The molecule has 1 fully saturated rings. The molecule has 1 saturated heterocycles. The molecule has 32 heavy (non-hydrogen) atoms. The van der Waals surface area contributed by atoms with Crippen molar-refractivity contribution < 1.29 is 19.8 Å². The Morgan fingerprint density at radius 1 is 1.16 bits per heavy atom. The smallest absolute Gasteiger partial charge is 0.304 e. The molecule has 1 unspecified atom stereocenters. The van der Waals surface area contributed by atoms with E-state index >= 15 is 0 Å². The first-order valence-electron chi connectivity index (χ1n) is 10.8. The van der Waals surface area contributed by atoms with Crippen molar-refractivity contribution in [2.45, 2.75) is 64.1 Å². The van der Waals surface area contributed by atoms with Crippen molar-refractivity contribution in [2.24, 2.45) is 5.41 Å². The van der Waals surface area contributed by atoms with Gasteiger partial charge in [-0.3, -0.25) is 9.59 Å². The molecule has 2 aromatic carbocycles. The molecule has 1 amide bonds. The van der Waals surface area contributed by atoms with E-state index in [1.807, 2.05) is 37.3 Å². The van der Waals surface area contributed by atoms with E-state index in [1.54, 1.807) is 36.9 Å². The minimum absolute atomic E-state index is 0.218. The van der Waals surface area contributed by atoms with Gasteiger partial charge in [0.1, 0.15) is 0 Å². The maximum Gasteiger partial charge on any atom is 0.304 e. The summed E-state index contributed by atoms with van der Waals surface area (Å²) in [5.74, 6) is -1.50. The van der Waals surface area contributed by atoms with E-state index in [2.05, 4.69) is 0 Å². The number of carboxylic acids is 1. The fraction of sp³-hybridized carbons (Fsp3) is 0.440. The summed E-state index contributed by atoms with van der Waals surface area (Å²) < 4.78 is 0. The van der Waals surface area contributed by atoms with Gasteiger partial charge in [0.25, 0.3) is 0 Å². The van der Waals surface area contributed by atoms with Crippen LogP contribution in [-0.2, 0) is 9.59 Å². The zero-order valence-corrected chi connectivity index (χ0v) is 20.0. The van der Waals surface area contributed by atoms with Gasteiger partial charge in [0.2, 0.25) is 5.91 Å². The molecule has 1 aliphatic heterocycles. The number of carbonyl (C=O) groups is 2. The van der Waals surface area contributed by atoms with Crippen molar-refractivity contribution >= 4 is 35.1 Å². The SMILES string of the molecule is CC[C@@H]([C@@H](C)O)N1C(=O)[C@@](C)(CC(=O)O)C[C@H](c2cccc(Cl)c2)C1c1ccc(Cl)cc1. The van der Waals surface area contributed by atoms with Gasteiger partial charge >= 0.3 is 5.97 Å². The zero-order chi connectivity index (χ0) is 23.6. The Balaban J connectivity index is 2.25. The zero-order valence-electron chi connectivity index (χ0n) is 18.5. The maximum absolute atomic E-state index is 13.9. The molecule has 0 aliphatic carbocycles. The number of piperidine rings is 1. The Hall–Kier alpha value is -2.08. The number of hydrogen-bond donors (Lipinski definition) is 2. The summed E-state index contributed by atoms with van der Waals surface area (Å²) in [4.78, 5) is 27.3. The predicted molar refractivity (Wildman–Crippen MR) is 126 cm³/mol. The highest BCUT2D eigenvalue weighted by Gasteiger charge is 2.52. The largest absolute Gasteiger partial charge is 0.481 e. The van der Waals surface area contributed by atoms with Gasteiger partial charge in [0, 0.05) is 16.0 Å². The predicted octanol–water partition coefficient (Wildman–Crippen LogP) is 5.69. The number of rotatable bonds is 7. The molecule has 0 bridgehead atoms. The molecular weight excluding hydrogens is 449 g/mol. The highest BCUT2D eigenvalue weighted by atomic mass is 35.5. The number of likely N-dealkylation sites (tertiary alicyclic amines) is 1. The average molecular weight is 478 g/mol. The van der Waals surface area contributed by atoms with Crippen molar-refractivity contribution in [3.63, 3.8) is 0 Å². The summed E-state index contributed by atoms with van der Waals surface area (Å²) in [6, 6.07) is 13.9. The van der Waals surface area contributed by atoms with Crippen LogP contribution >= 0.6 is 23.2 Å². The lowest BCUT2D eigenvalue weighted by Gasteiger charge is -2.52. The lowest BCUT2D eigenvalue weighted by molar-refractivity contribution is -0.163. The summed E-state index contributed by atoms with van der Waals surface area (Å²) >= 11 is 12.4. The Morgan fingerprint density at radius 3 is 2.34 bits per heavy atom. The molecule has 1 heterocycles. The van der Waals surface area contributed by atoms with Gasteiger partial charge in [-0.25, -0.2) is 0 Å². The van der Waals surface area contributed by atoms with Crippen LogP contribution in [0, 0.1) is 5.41 Å². The van der Waals surface area contributed by atoms with Crippen LogP contribution < -0.4 is 0 Å². The second kappa shape index (κ2) is 9.82. The second-order valence-electron chi connectivity index (χ2n) is 8.92. The minimum Gasteiger partial charge on any atom is -0.481 e. The molecule has 0 aromatic heterocycles. The van der Waals surface area contributed by atoms with Crippen molar-refractivity contribution in [3.8, 4) is 0 Å². The number of aliphatic hydroxyl groups is 1. The molecule has 7 heteroatoms. The first kappa shape index (κ1) is 24.6. The fourth-order valence-electron chi connectivity index (χ4n) is 5.02. The molecule has 5 atom stereocenters.